The fraction of sp³-hybridized carbons (Fsp3) is 0.158. The lowest BCUT2D eigenvalue weighted by Gasteiger charge is -2.10. The van der Waals surface area contributed by atoms with Gasteiger partial charge in [0.25, 0.3) is 5.91 Å². The van der Waals surface area contributed by atoms with Crippen LogP contribution < -0.4 is 14.8 Å². The van der Waals surface area contributed by atoms with Crippen molar-refractivity contribution in [2.45, 2.75) is 6.92 Å². The molecule has 0 fully saturated rings. The molecule has 2 rings (SSSR count). The number of nitriles is 1. The largest absolute Gasteiger partial charge is 0.493 e. The van der Waals surface area contributed by atoms with Gasteiger partial charge < -0.3 is 14.8 Å². The van der Waals surface area contributed by atoms with E-state index in [1.807, 2.05) is 13.0 Å². The maximum Gasteiger partial charge on any atom is 0.266 e. The first-order valence-electron chi connectivity index (χ1n) is 7.50. The van der Waals surface area contributed by atoms with Crippen molar-refractivity contribution in [2.75, 3.05) is 19.5 Å². The molecular formula is C19H16Cl2N2O3. The zero-order chi connectivity index (χ0) is 19.3. The van der Waals surface area contributed by atoms with Crippen molar-refractivity contribution >= 4 is 40.9 Å². The number of hydrogen-bond acceptors (Lipinski definition) is 4. The number of hydrogen-bond donors (Lipinski definition) is 1. The van der Waals surface area contributed by atoms with Gasteiger partial charge in [-0.2, -0.15) is 5.26 Å². The summed E-state index contributed by atoms with van der Waals surface area (Å²) in [7, 11) is 2.98. The number of rotatable bonds is 5. The lowest BCUT2D eigenvalue weighted by Crippen LogP contribution is -2.13. The molecular weight excluding hydrogens is 375 g/mol. The van der Waals surface area contributed by atoms with Crippen LogP contribution in [0.1, 0.15) is 11.1 Å². The number of amides is 1. The zero-order valence-electron chi connectivity index (χ0n) is 14.4. The van der Waals surface area contributed by atoms with Crippen LogP contribution in [0.5, 0.6) is 11.5 Å². The molecule has 0 aromatic heterocycles. The molecule has 1 N–H and O–H groups in total. The Balaban J connectivity index is 2.33. The van der Waals surface area contributed by atoms with E-state index >= 15 is 0 Å². The van der Waals surface area contributed by atoms with E-state index in [4.69, 9.17) is 32.7 Å². The Morgan fingerprint density at radius 1 is 1.12 bits per heavy atom. The SMILES string of the molecule is COc1cc(Cl)c(/C=C(\C#N)C(=O)Nc2ccc(C)c(Cl)c2)cc1OC. The van der Waals surface area contributed by atoms with Crippen LogP contribution in [0.15, 0.2) is 35.9 Å². The predicted octanol–water partition coefficient (Wildman–Crippen LogP) is 4.86. The number of ether oxygens (including phenoxy) is 2. The monoisotopic (exact) mass is 390 g/mol. The minimum atomic E-state index is -0.571. The van der Waals surface area contributed by atoms with Crippen molar-refractivity contribution in [3.63, 3.8) is 0 Å². The highest BCUT2D eigenvalue weighted by Crippen LogP contribution is 2.34. The number of nitrogens with one attached hydrogen (secondary N) is 1. The van der Waals surface area contributed by atoms with E-state index in [0.717, 1.165) is 5.56 Å². The molecule has 26 heavy (non-hydrogen) atoms. The van der Waals surface area contributed by atoms with Gasteiger partial charge >= 0.3 is 0 Å². The summed E-state index contributed by atoms with van der Waals surface area (Å²) in [6, 6.07) is 10.1. The van der Waals surface area contributed by atoms with Gasteiger partial charge in [-0.3, -0.25) is 4.79 Å². The van der Waals surface area contributed by atoms with Crippen LogP contribution >= 0.6 is 23.2 Å². The summed E-state index contributed by atoms with van der Waals surface area (Å²) in [5.41, 5.74) is 1.72. The van der Waals surface area contributed by atoms with Gasteiger partial charge in [0.15, 0.2) is 11.5 Å². The van der Waals surface area contributed by atoms with Crippen molar-refractivity contribution in [3.8, 4) is 17.6 Å². The lowest BCUT2D eigenvalue weighted by molar-refractivity contribution is -0.112. The topological polar surface area (TPSA) is 71.3 Å². The van der Waals surface area contributed by atoms with Crippen LogP contribution in [0.25, 0.3) is 6.08 Å². The number of benzene rings is 2. The number of anilines is 1. The molecule has 0 atom stereocenters. The summed E-state index contributed by atoms with van der Waals surface area (Å²) in [6.45, 7) is 1.85. The molecule has 1 amide bonds. The fourth-order valence-electron chi connectivity index (χ4n) is 2.15. The summed E-state index contributed by atoms with van der Waals surface area (Å²) in [5.74, 6) is 0.316. The third kappa shape index (κ3) is 4.48. The molecule has 0 saturated heterocycles. The van der Waals surface area contributed by atoms with Crippen LogP contribution in [-0.4, -0.2) is 20.1 Å². The van der Waals surface area contributed by atoms with Crippen LogP contribution in [0.2, 0.25) is 10.0 Å². The van der Waals surface area contributed by atoms with Crippen molar-refractivity contribution in [2.24, 2.45) is 0 Å². The zero-order valence-corrected chi connectivity index (χ0v) is 15.9. The average molecular weight is 391 g/mol. The first-order valence-corrected chi connectivity index (χ1v) is 8.26. The van der Waals surface area contributed by atoms with Gasteiger partial charge in [-0.15, -0.1) is 0 Å². The smallest absolute Gasteiger partial charge is 0.266 e. The van der Waals surface area contributed by atoms with Gasteiger partial charge in [0.05, 0.1) is 19.2 Å². The summed E-state index contributed by atoms with van der Waals surface area (Å²) < 4.78 is 10.4. The highest BCUT2D eigenvalue weighted by atomic mass is 35.5. The number of methoxy groups -OCH3 is 2. The van der Waals surface area contributed by atoms with Crippen LogP contribution in [0, 0.1) is 18.3 Å². The standard InChI is InChI=1S/C19H16Cl2N2O3/c1-11-4-5-14(8-15(11)20)23-19(24)13(10-22)6-12-7-17(25-2)18(26-3)9-16(12)21/h4-9H,1-3H3,(H,23,24)/b13-6+. The van der Waals surface area contributed by atoms with E-state index in [1.165, 1.54) is 20.3 Å². The Morgan fingerprint density at radius 3 is 2.35 bits per heavy atom. The molecule has 0 unspecified atom stereocenters. The molecule has 134 valence electrons. The molecule has 2 aromatic carbocycles. The highest BCUT2D eigenvalue weighted by Gasteiger charge is 2.14. The fourth-order valence-corrected chi connectivity index (χ4v) is 2.54. The first kappa shape index (κ1) is 19.6. The molecule has 2 aromatic rings. The molecule has 0 heterocycles. The van der Waals surface area contributed by atoms with Gasteiger partial charge in [0, 0.05) is 16.8 Å². The number of carbonyl (C=O) groups is 1. The number of nitrogens with zero attached hydrogens (tertiary/aromatic N) is 1. The summed E-state index contributed by atoms with van der Waals surface area (Å²) >= 11 is 12.3. The molecule has 0 saturated carbocycles. The second kappa shape index (κ2) is 8.61. The second-order valence-electron chi connectivity index (χ2n) is 5.32. The van der Waals surface area contributed by atoms with Crippen molar-refractivity contribution < 1.29 is 14.3 Å². The molecule has 7 heteroatoms. The van der Waals surface area contributed by atoms with Gasteiger partial charge in [0.1, 0.15) is 11.6 Å². The molecule has 0 spiro atoms. The van der Waals surface area contributed by atoms with E-state index < -0.39 is 5.91 Å². The maximum absolute atomic E-state index is 12.4. The third-order valence-corrected chi connectivity index (χ3v) is 4.33. The van der Waals surface area contributed by atoms with E-state index in [2.05, 4.69) is 5.32 Å². The maximum atomic E-state index is 12.4. The molecule has 5 nitrogen and oxygen atoms in total. The molecule has 0 aliphatic carbocycles. The first-order chi connectivity index (χ1) is 12.4. The summed E-state index contributed by atoms with van der Waals surface area (Å²) in [6.07, 6.45) is 1.38. The molecule has 0 aliphatic heterocycles. The number of carbonyl (C=O) groups excluding carboxylic acids is 1. The number of aryl methyl sites for hydroxylation is 1. The Labute approximate surface area is 161 Å². The van der Waals surface area contributed by atoms with Gasteiger partial charge in [-0.1, -0.05) is 29.3 Å². The van der Waals surface area contributed by atoms with Crippen molar-refractivity contribution in [1.29, 1.82) is 5.26 Å². The predicted molar refractivity (Wildman–Crippen MR) is 103 cm³/mol. The molecule has 0 aliphatic rings. The molecule has 0 radical (unpaired) electrons. The third-order valence-electron chi connectivity index (χ3n) is 3.60. The minimum Gasteiger partial charge on any atom is -0.493 e. The average Bonchev–Trinajstić information content (AvgIpc) is 2.63. The quantitative estimate of drug-likeness (QED) is 0.584. The van der Waals surface area contributed by atoms with Crippen LogP contribution in [0.4, 0.5) is 5.69 Å². The summed E-state index contributed by atoms with van der Waals surface area (Å²) in [5, 5.41) is 12.8. The minimum absolute atomic E-state index is 0.115. The van der Waals surface area contributed by atoms with E-state index in [1.54, 1.807) is 30.3 Å². The number of halogens is 2. The van der Waals surface area contributed by atoms with Gasteiger partial charge in [-0.05, 0) is 42.3 Å². The Hall–Kier alpha value is -2.68. The Bertz CT molecular complexity index is 918. The Morgan fingerprint density at radius 2 is 1.77 bits per heavy atom. The lowest BCUT2D eigenvalue weighted by atomic mass is 10.1. The summed E-state index contributed by atoms with van der Waals surface area (Å²) in [4.78, 5) is 12.4. The Kier molecular flexibility index (Phi) is 6.51. The van der Waals surface area contributed by atoms with Gasteiger partial charge in [0.2, 0.25) is 0 Å². The van der Waals surface area contributed by atoms with Gasteiger partial charge in [-0.25, -0.2) is 0 Å². The van der Waals surface area contributed by atoms with E-state index in [-0.39, 0.29) is 5.57 Å². The molecule has 0 bridgehead atoms. The van der Waals surface area contributed by atoms with Crippen LogP contribution in [-0.2, 0) is 4.79 Å². The van der Waals surface area contributed by atoms with Crippen molar-refractivity contribution in [1.82, 2.24) is 0 Å². The highest BCUT2D eigenvalue weighted by molar-refractivity contribution is 6.32. The van der Waals surface area contributed by atoms with Crippen molar-refractivity contribution in [3.05, 3.63) is 57.1 Å². The normalized spacial score (nSPS) is 10.8. The van der Waals surface area contributed by atoms with Crippen LogP contribution in [0.3, 0.4) is 0 Å². The van der Waals surface area contributed by atoms with E-state index in [9.17, 15) is 10.1 Å². The second-order valence-corrected chi connectivity index (χ2v) is 6.13. The van der Waals surface area contributed by atoms with E-state index in [0.29, 0.717) is 32.8 Å².